The zero-order valence-corrected chi connectivity index (χ0v) is 9.71. The van der Waals surface area contributed by atoms with E-state index in [1.54, 1.807) is 19.4 Å². The Bertz CT molecular complexity index is 330. The molecular weight excluding hydrogens is 246 g/mol. The zero-order valence-electron chi connectivity index (χ0n) is 8.12. The standard InChI is InChI=1S/C9H12BrN3O/c1-4-6(2)12-9-11-5-7(10)8(13-9)14-3/h4-6H,1H2,2-3H3,(H,11,12,13). The molecule has 14 heavy (non-hydrogen) atoms. The zero-order chi connectivity index (χ0) is 10.6. The molecule has 76 valence electrons. The summed E-state index contributed by atoms with van der Waals surface area (Å²) in [5, 5.41) is 3.05. The Morgan fingerprint density at radius 1 is 1.71 bits per heavy atom. The molecule has 1 aromatic heterocycles. The molecule has 0 amide bonds. The van der Waals surface area contributed by atoms with Crippen molar-refractivity contribution in [3.05, 3.63) is 23.3 Å². The second kappa shape index (κ2) is 4.95. The maximum Gasteiger partial charge on any atom is 0.232 e. The molecule has 1 N–H and O–H groups in total. The van der Waals surface area contributed by atoms with Crippen LogP contribution in [-0.4, -0.2) is 23.1 Å². The van der Waals surface area contributed by atoms with Crippen molar-refractivity contribution in [1.82, 2.24) is 9.97 Å². The molecule has 1 unspecified atom stereocenters. The quantitative estimate of drug-likeness (QED) is 0.841. The Morgan fingerprint density at radius 3 is 3.00 bits per heavy atom. The summed E-state index contributed by atoms with van der Waals surface area (Å²) in [7, 11) is 1.56. The molecule has 0 radical (unpaired) electrons. The van der Waals surface area contributed by atoms with Gasteiger partial charge in [-0.3, -0.25) is 0 Å². The average molecular weight is 258 g/mol. The monoisotopic (exact) mass is 257 g/mol. The minimum absolute atomic E-state index is 0.126. The maximum atomic E-state index is 5.04. The van der Waals surface area contributed by atoms with Crippen LogP contribution in [0, 0.1) is 0 Å². The first-order valence-corrected chi connectivity index (χ1v) is 4.92. The van der Waals surface area contributed by atoms with E-state index in [-0.39, 0.29) is 6.04 Å². The van der Waals surface area contributed by atoms with Gasteiger partial charge in [0.05, 0.1) is 17.8 Å². The highest BCUT2D eigenvalue weighted by molar-refractivity contribution is 9.10. The van der Waals surface area contributed by atoms with E-state index < -0.39 is 0 Å². The summed E-state index contributed by atoms with van der Waals surface area (Å²) in [4.78, 5) is 8.22. The number of hydrogen-bond acceptors (Lipinski definition) is 4. The molecule has 0 saturated heterocycles. The smallest absolute Gasteiger partial charge is 0.232 e. The van der Waals surface area contributed by atoms with Gasteiger partial charge in [-0.2, -0.15) is 4.98 Å². The number of nitrogens with one attached hydrogen (secondary N) is 1. The highest BCUT2D eigenvalue weighted by atomic mass is 79.9. The van der Waals surface area contributed by atoms with Gasteiger partial charge >= 0.3 is 0 Å². The number of ether oxygens (including phenoxy) is 1. The Hall–Kier alpha value is -1.10. The van der Waals surface area contributed by atoms with E-state index in [1.165, 1.54) is 0 Å². The molecule has 0 aromatic carbocycles. The second-order valence-corrected chi connectivity index (χ2v) is 3.57. The van der Waals surface area contributed by atoms with Crippen LogP contribution < -0.4 is 10.1 Å². The van der Waals surface area contributed by atoms with Crippen LogP contribution in [0.25, 0.3) is 0 Å². The third kappa shape index (κ3) is 2.70. The second-order valence-electron chi connectivity index (χ2n) is 2.72. The number of hydrogen-bond donors (Lipinski definition) is 1. The van der Waals surface area contributed by atoms with Crippen molar-refractivity contribution in [1.29, 1.82) is 0 Å². The molecule has 1 aromatic rings. The number of halogens is 1. The predicted molar refractivity (Wildman–Crippen MR) is 59.6 cm³/mol. The van der Waals surface area contributed by atoms with Crippen molar-refractivity contribution in [3.8, 4) is 5.88 Å². The van der Waals surface area contributed by atoms with Crippen molar-refractivity contribution in [2.45, 2.75) is 13.0 Å². The topological polar surface area (TPSA) is 47.0 Å². The van der Waals surface area contributed by atoms with Gasteiger partial charge < -0.3 is 10.1 Å². The van der Waals surface area contributed by atoms with Gasteiger partial charge in [0.15, 0.2) is 0 Å². The highest BCUT2D eigenvalue weighted by Gasteiger charge is 2.05. The Morgan fingerprint density at radius 2 is 2.43 bits per heavy atom. The van der Waals surface area contributed by atoms with Crippen molar-refractivity contribution in [3.63, 3.8) is 0 Å². The lowest BCUT2D eigenvalue weighted by Crippen LogP contribution is -2.14. The highest BCUT2D eigenvalue weighted by Crippen LogP contribution is 2.21. The first kappa shape index (κ1) is 11.0. The van der Waals surface area contributed by atoms with Gasteiger partial charge in [0.25, 0.3) is 0 Å². The number of methoxy groups -OCH3 is 1. The summed E-state index contributed by atoms with van der Waals surface area (Å²) in [6.07, 6.45) is 3.42. The van der Waals surface area contributed by atoms with E-state index >= 15 is 0 Å². The van der Waals surface area contributed by atoms with Gasteiger partial charge in [-0.1, -0.05) is 6.08 Å². The van der Waals surface area contributed by atoms with Crippen molar-refractivity contribution in [2.75, 3.05) is 12.4 Å². The molecule has 5 heteroatoms. The molecule has 0 aliphatic heterocycles. The van der Waals surface area contributed by atoms with E-state index in [0.29, 0.717) is 11.8 Å². The van der Waals surface area contributed by atoms with E-state index in [4.69, 9.17) is 4.74 Å². The third-order valence-corrected chi connectivity index (χ3v) is 2.16. The molecule has 0 aliphatic carbocycles. The number of anilines is 1. The molecule has 0 spiro atoms. The SMILES string of the molecule is C=CC(C)Nc1ncc(Br)c(OC)n1. The van der Waals surface area contributed by atoms with Gasteiger partial charge in [-0.05, 0) is 22.9 Å². The molecule has 1 rings (SSSR count). The molecule has 1 atom stereocenters. The maximum absolute atomic E-state index is 5.04. The summed E-state index contributed by atoms with van der Waals surface area (Å²) in [6.45, 7) is 5.62. The molecule has 0 saturated carbocycles. The molecule has 4 nitrogen and oxygen atoms in total. The van der Waals surface area contributed by atoms with Crippen molar-refractivity contribution in [2.24, 2.45) is 0 Å². The van der Waals surface area contributed by atoms with E-state index in [1.807, 2.05) is 6.92 Å². The van der Waals surface area contributed by atoms with Crippen molar-refractivity contribution < 1.29 is 4.74 Å². The van der Waals surface area contributed by atoms with E-state index in [9.17, 15) is 0 Å². The Kier molecular flexibility index (Phi) is 3.88. The average Bonchev–Trinajstić information content (AvgIpc) is 2.20. The fraction of sp³-hybridized carbons (Fsp3) is 0.333. The van der Waals surface area contributed by atoms with Gasteiger partial charge in [0, 0.05) is 6.04 Å². The van der Waals surface area contributed by atoms with Crippen LogP contribution in [0.4, 0.5) is 5.95 Å². The van der Waals surface area contributed by atoms with Crippen LogP contribution in [0.5, 0.6) is 5.88 Å². The normalized spacial score (nSPS) is 11.9. The molecule has 1 heterocycles. The van der Waals surface area contributed by atoms with Crippen LogP contribution in [-0.2, 0) is 0 Å². The first-order chi connectivity index (χ1) is 6.67. The molecule has 0 aliphatic rings. The van der Waals surface area contributed by atoms with Gasteiger partial charge in [0.1, 0.15) is 0 Å². The molecule has 0 bridgehead atoms. The molecular formula is C9H12BrN3O. The van der Waals surface area contributed by atoms with Gasteiger partial charge in [-0.25, -0.2) is 4.98 Å². The van der Waals surface area contributed by atoms with Crippen LogP contribution in [0.3, 0.4) is 0 Å². The number of nitrogens with zero attached hydrogens (tertiary/aromatic N) is 2. The van der Waals surface area contributed by atoms with Gasteiger partial charge in [-0.15, -0.1) is 6.58 Å². The Labute approximate surface area is 91.5 Å². The van der Waals surface area contributed by atoms with Crippen LogP contribution in [0.2, 0.25) is 0 Å². The summed E-state index contributed by atoms with van der Waals surface area (Å²) < 4.78 is 5.77. The molecule has 0 fully saturated rings. The minimum atomic E-state index is 0.126. The third-order valence-electron chi connectivity index (χ3n) is 1.62. The summed E-state index contributed by atoms with van der Waals surface area (Å²) >= 11 is 3.28. The largest absolute Gasteiger partial charge is 0.480 e. The summed E-state index contributed by atoms with van der Waals surface area (Å²) in [5.74, 6) is 1.04. The lowest BCUT2D eigenvalue weighted by Gasteiger charge is -2.09. The van der Waals surface area contributed by atoms with Crippen LogP contribution in [0.15, 0.2) is 23.3 Å². The number of aromatic nitrogens is 2. The van der Waals surface area contributed by atoms with Crippen molar-refractivity contribution >= 4 is 21.9 Å². The van der Waals surface area contributed by atoms with Crippen LogP contribution >= 0.6 is 15.9 Å². The fourth-order valence-electron chi connectivity index (χ4n) is 0.827. The summed E-state index contributed by atoms with van der Waals surface area (Å²) in [6, 6.07) is 0.126. The minimum Gasteiger partial charge on any atom is -0.480 e. The van der Waals surface area contributed by atoms with Crippen LogP contribution in [0.1, 0.15) is 6.92 Å². The Balaban J connectivity index is 2.84. The van der Waals surface area contributed by atoms with E-state index in [0.717, 1.165) is 4.47 Å². The predicted octanol–water partition coefficient (Wildman–Crippen LogP) is 2.23. The fourth-order valence-corrected chi connectivity index (χ4v) is 1.18. The summed E-state index contributed by atoms with van der Waals surface area (Å²) in [5.41, 5.74) is 0. The lowest BCUT2D eigenvalue weighted by molar-refractivity contribution is 0.394. The lowest BCUT2D eigenvalue weighted by atomic mass is 10.3. The first-order valence-electron chi connectivity index (χ1n) is 4.13. The van der Waals surface area contributed by atoms with Gasteiger partial charge in [0.2, 0.25) is 11.8 Å². The number of rotatable bonds is 4. The van der Waals surface area contributed by atoms with E-state index in [2.05, 4.69) is 37.8 Å².